The van der Waals surface area contributed by atoms with Crippen molar-refractivity contribution in [3.05, 3.63) is 18.2 Å². The first-order valence-corrected chi connectivity index (χ1v) is 8.07. The molecule has 4 nitrogen and oxygen atoms in total. The molecule has 1 fully saturated rings. The molecule has 0 amide bonds. The predicted molar refractivity (Wildman–Crippen MR) is 81.9 cm³/mol. The summed E-state index contributed by atoms with van der Waals surface area (Å²) in [7, 11) is 0. The van der Waals surface area contributed by atoms with Crippen LogP contribution in [0.5, 0.6) is 0 Å². The van der Waals surface area contributed by atoms with Crippen molar-refractivity contribution in [3.63, 3.8) is 0 Å². The number of nitrogens with one attached hydrogen (secondary N) is 1. The van der Waals surface area contributed by atoms with E-state index in [1.54, 1.807) is 0 Å². The lowest BCUT2D eigenvalue weighted by Gasteiger charge is -2.41. The van der Waals surface area contributed by atoms with E-state index in [9.17, 15) is 0 Å². The molecule has 1 N–H and O–H groups in total. The number of imidazole rings is 1. The van der Waals surface area contributed by atoms with Gasteiger partial charge in [-0.25, -0.2) is 4.98 Å². The van der Waals surface area contributed by atoms with Gasteiger partial charge in [0.05, 0.1) is 5.60 Å². The van der Waals surface area contributed by atoms with E-state index in [0.29, 0.717) is 6.04 Å². The van der Waals surface area contributed by atoms with Gasteiger partial charge in [0, 0.05) is 38.0 Å². The Labute approximate surface area is 122 Å². The SMILES string of the molecule is CCCn1ccnc1CC(NCC)C1(C)CCCCO1. The number of likely N-dealkylation sites (N-methyl/N-ethyl adjacent to an activating group) is 1. The molecule has 114 valence electrons. The van der Waals surface area contributed by atoms with Crippen molar-refractivity contribution in [2.45, 2.75) is 71.1 Å². The van der Waals surface area contributed by atoms with Crippen molar-refractivity contribution in [1.82, 2.24) is 14.9 Å². The quantitative estimate of drug-likeness (QED) is 0.834. The van der Waals surface area contributed by atoms with Crippen molar-refractivity contribution in [1.29, 1.82) is 0 Å². The van der Waals surface area contributed by atoms with Crippen LogP contribution in [0.3, 0.4) is 0 Å². The fraction of sp³-hybridized carbons (Fsp3) is 0.812. The largest absolute Gasteiger partial charge is 0.374 e. The van der Waals surface area contributed by atoms with E-state index in [4.69, 9.17) is 4.74 Å². The highest BCUT2D eigenvalue weighted by molar-refractivity contribution is 5.01. The van der Waals surface area contributed by atoms with Crippen molar-refractivity contribution in [2.75, 3.05) is 13.2 Å². The summed E-state index contributed by atoms with van der Waals surface area (Å²) < 4.78 is 8.40. The van der Waals surface area contributed by atoms with E-state index in [1.165, 1.54) is 18.7 Å². The van der Waals surface area contributed by atoms with Crippen molar-refractivity contribution in [3.8, 4) is 0 Å². The van der Waals surface area contributed by atoms with Crippen LogP contribution in [-0.4, -0.2) is 34.3 Å². The lowest BCUT2D eigenvalue weighted by molar-refractivity contribution is -0.0885. The molecular formula is C16H29N3O. The summed E-state index contributed by atoms with van der Waals surface area (Å²) in [4.78, 5) is 4.55. The number of aromatic nitrogens is 2. The minimum atomic E-state index is -0.0583. The van der Waals surface area contributed by atoms with E-state index in [0.717, 1.165) is 39.0 Å². The Hall–Kier alpha value is -0.870. The normalized spacial score (nSPS) is 24.8. The first-order valence-electron chi connectivity index (χ1n) is 8.07. The van der Waals surface area contributed by atoms with E-state index in [-0.39, 0.29) is 5.60 Å². The zero-order chi connectivity index (χ0) is 14.4. The summed E-state index contributed by atoms with van der Waals surface area (Å²) in [6, 6.07) is 0.339. The number of nitrogens with zero attached hydrogens (tertiary/aromatic N) is 2. The molecule has 0 bridgehead atoms. The molecule has 1 aromatic rings. The summed E-state index contributed by atoms with van der Waals surface area (Å²) in [6.45, 7) is 9.53. The topological polar surface area (TPSA) is 39.1 Å². The van der Waals surface area contributed by atoms with Crippen molar-refractivity contribution < 1.29 is 4.74 Å². The molecule has 2 atom stereocenters. The Balaban J connectivity index is 2.10. The number of ether oxygens (including phenoxy) is 1. The summed E-state index contributed by atoms with van der Waals surface area (Å²) in [5, 5.41) is 3.62. The molecule has 20 heavy (non-hydrogen) atoms. The molecule has 0 spiro atoms. The van der Waals surface area contributed by atoms with Crippen LogP contribution < -0.4 is 5.32 Å². The summed E-state index contributed by atoms with van der Waals surface area (Å²) >= 11 is 0. The zero-order valence-electron chi connectivity index (χ0n) is 13.2. The number of hydrogen-bond donors (Lipinski definition) is 1. The van der Waals surface area contributed by atoms with Crippen LogP contribution in [-0.2, 0) is 17.7 Å². The molecule has 1 aliphatic heterocycles. The molecule has 1 aromatic heterocycles. The highest BCUT2D eigenvalue weighted by Crippen LogP contribution is 2.29. The minimum Gasteiger partial charge on any atom is -0.374 e. The van der Waals surface area contributed by atoms with Crippen LogP contribution >= 0.6 is 0 Å². The third-order valence-corrected chi connectivity index (χ3v) is 4.34. The van der Waals surface area contributed by atoms with E-state index in [1.807, 2.05) is 6.20 Å². The zero-order valence-corrected chi connectivity index (χ0v) is 13.2. The fourth-order valence-electron chi connectivity index (χ4n) is 3.14. The van der Waals surface area contributed by atoms with Gasteiger partial charge in [-0.2, -0.15) is 0 Å². The Bertz CT molecular complexity index is 396. The van der Waals surface area contributed by atoms with Gasteiger partial charge in [0.15, 0.2) is 0 Å². The molecule has 0 saturated carbocycles. The molecule has 4 heteroatoms. The second-order valence-corrected chi connectivity index (χ2v) is 5.97. The molecule has 0 radical (unpaired) electrons. The molecule has 1 saturated heterocycles. The van der Waals surface area contributed by atoms with Crippen LogP contribution in [0.2, 0.25) is 0 Å². The molecule has 2 rings (SSSR count). The second kappa shape index (κ2) is 7.23. The first kappa shape index (κ1) is 15.5. The van der Waals surface area contributed by atoms with Crippen LogP contribution in [0, 0.1) is 0 Å². The lowest BCUT2D eigenvalue weighted by atomic mass is 9.86. The number of rotatable bonds is 7. The highest BCUT2D eigenvalue weighted by atomic mass is 16.5. The standard InChI is InChI=1S/C16H29N3O/c1-4-10-19-11-9-18-15(19)13-14(17-5-2)16(3)8-6-7-12-20-16/h9,11,14,17H,4-8,10,12-13H2,1-3H3. The summed E-state index contributed by atoms with van der Waals surface area (Å²) in [5.74, 6) is 1.17. The Kier molecular flexibility index (Phi) is 5.61. The van der Waals surface area contributed by atoms with Gasteiger partial charge in [-0.3, -0.25) is 0 Å². The van der Waals surface area contributed by atoms with Crippen molar-refractivity contribution in [2.24, 2.45) is 0 Å². The average Bonchev–Trinajstić information content (AvgIpc) is 2.87. The predicted octanol–water partition coefficient (Wildman–Crippen LogP) is 2.77. The second-order valence-electron chi connectivity index (χ2n) is 5.97. The smallest absolute Gasteiger partial charge is 0.110 e. The van der Waals surface area contributed by atoms with Gasteiger partial charge < -0.3 is 14.6 Å². The van der Waals surface area contributed by atoms with Gasteiger partial charge in [0.25, 0.3) is 0 Å². The fourth-order valence-corrected chi connectivity index (χ4v) is 3.14. The third-order valence-electron chi connectivity index (χ3n) is 4.34. The molecule has 0 aromatic carbocycles. The molecule has 2 unspecified atom stereocenters. The molecule has 2 heterocycles. The van der Waals surface area contributed by atoms with Crippen LogP contribution in [0.25, 0.3) is 0 Å². The first-order chi connectivity index (χ1) is 9.69. The van der Waals surface area contributed by atoms with Gasteiger partial charge in [0.2, 0.25) is 0 Å². The van der Waals surface area contributed by atoms with Gasteiger partial charge in [-0.15, -0.1) is 0 Å². The maximum atomic E-state index is 6.13. The maximum Gasteiger partial charge on any atom is 0.110 e. The Morgan fingerprint density at radius 1 is 1.45 bits per heavy atom. The third kappa shape index (κ3) is 3.61. The lowest BCUT2D eigenvalue weighted by Crippen LogP contribution is -2.53. The van der Waals surface area contributed by atoms with Crippen molar-refractivity contribution >= 4 is 0 Å². The Morgan fingerprint density at radius 3 is 2.95 bits per heavy atom. The van der Waals surface area contributed by atoms with Gasteiger partial charge in [-0.05, 0) is 39.2 Å². The van der Waals surface area contributed by atoms with Crippen LogP contribution in [0.4, 0.5) is 0 Å². The number of hydrogen-bond acceptors (Lipinski definition) is 3. The minimum absolute atomic E-state index is 0.0583. The molecule has 0 aliphatic carbocycles. The van der Waals surface area contributed by atoms with Crippen LogP contribution in [0.1, 0.15) is 52.3 Å². The Morgan fingerprint density at radius 2 is 2.30 bits per heavy atom. The molecule has 1 aliphatic rings. The van der Waals surface area contributed by atoms with Gasteiger partial charge in [0.1, 0.15) is 5.82 Å². The van der Waals surface area contributed by atoms with E-state index < -0.39 is 0 Å². The number of aryl methyl sites for hydroxylation is 1. The highest BCUT2D eigenvalue weighted by Gasteiger charge is 2.37. The van der Waals surface area contributed by atoms with E-state index in [2.05, 4.69) is 41.8 Å². The summed E-state index contributed by atoms with van der Waals surface area (Å²) in [6.07, 6.45) is 9.68. The summed E-state index contributed by atoms with van der Waals surface area (Å²) in [5.41, 5.74) is -0.0583. The monoisotopic (exact) mass is 279 g/mol. The van der Waals surface area contributed by atoms with E-state index >= 15 is 0 Å². The van der Waals surface area contributed by atoms with Crippen LogP contribution in [0.15, 0.2) is 12.4 Å². The van der Waals surface area contributed by atoms with Gasteiger partial charge >= 0.3 is 0 Å². The van der Waals surface area contributed by atoms with Gasteiger partial charge in [-0.1, -0.05) is 13.8 Å². The average molecular weight is 279 g/mol. The molecular weight excluding hydrogens is 250 g/mol. The maximum absolute atomic E-state index is 6.13.